The maximum Gasteiger partial charge on any atom is 0.217 e. The topological polar surface area (TPSA) is 43.4 Å². The second-order valence-electron chi connectivity index (χ2n) is 4.36. The molecule has 106 valence electrons. The fourth-order valence-electron chi connectivity index (χ4n) is 1.87. The maximum atomic E-state index is 5.63. The van der Waals surface area contributed by atoms with Gasteiger partial charge < -0.3 is 14.8 Å². The van der Waals surface area contributed by atoms with Crippen molar-refractivity contribution in [1.29, 1.82) is 0 Å². The van der Waals surface area contributed by atoms with E-state index in [0.29, 0.717) is 12.5 Å². The van der Waals surface area contributed by atoms with Crippen molar-refractivity contribution in [3.63, 3.8) is 0 Å². The van der Waals surface area contributed by atoms with Gasteiger partial charge in [0, 0.05) is 18.3 Å². The van der Waals surface area contributed by atoms with Gasteiger partial charge in [-0.3, -0.25) is 0 Å². The first-order valence-electron chi connectivity index (χ1n) is 6.76. The molecular weight excluding hydrogens is 252 g/mol. The van der Waals surface area contributed by atoms with E-state index >= 15 is 0 Å². The van der Waals surface area contributed by atoms with Gasteiger partial charge in [0.05, 0.1) is 13.7 Å². The summed E-state index contributed by atoms with van der Waals surface area (Å²) in [6.07, 6.45) is 2.69. The Morgan fingerprint density at radius 3 is 2.75 bits per heavy atom. The molecule has 0 radical (unpaired) electrons. The highest BCUT2D eigenvalue weighted by atomic mass is 16.5. The van der Waals surface area contributed by atoms with E-state index in [4.69, 9.17) is 9.47 Å². The van der Waals surface area contributed by atoms with Crippen LogP contribution in [0.4, 0.5) is 0 Å². The van der Waals surface area contributed by atoms with Gasteiger partial charge >= 0.3 is 0 Å². The molecule has 1 aromatic heterocycles. The van der Waals surface area contributed by atoms with Crippen LogP contribution in [-0.2, 0) is 6.54 Å². The minimum Gasteiger partial charge on any atom is -0.494 e. The summed E-state index contributed by atoms with van der Waals surface area (Å²) in [6.45, 7) is 2.36. The van der Waals surface area contributed by atoms with Crippen LogP contribution in [0, 0.1) is 0 Å². The first-order valence-corrected chi connectivity index (χ1v) is 6.76. The molecule has 0 saturated heterocycles. The molecule has 0 saturated carbocycles. The highest BCUT2D eigenvalue weighted by molar-refractivity contribution is 5.25. The lowest BCUT2D eigenvalue weighted by atomic mass is 10.2. The van der Waals surface area contributed by atoms with E-state index in [1.165, 1.54) is 0 Å². The minimum absolute atomic E-state index is 0.681. The molecule has 0 spiro atoms. The van der Waals surface area contributed by atoms with Gasteiger partial charge in [-0.15, -0.1) is 0 Å². The van der Waals surface area contributed by atoms with Crippen LogP contribution in [-0.4, -0.2) is 25.2 Å². The quantitative estimate of drug-likeness (QED) is 0.750. The monoisotopic (exact) mass is 272 g/mol. The van der Waals surface area contributed by atoms with E-state index in [1.807, 2.05) is 42.5 Å². The van der Waals surface area contributed by atoms with Crippen LogP contribution < -0.4 is 14.8 Å². The Kier molecular flexibility index (Phi) is 5.86. The molecule has 1 heterocycles. The van der Waals surface area contributed by atoms with E-state index in [0.717, 1.165) is 30.8 Å². The molecule has 0 aliphatic rings. The normalized spacial score (nSPS) is 10.2. The number of benzene rings is 1. The lowest BCUT2D eigenvalue weighted by Gasteiger charge is -2.09. The van der Waals surface area contributed by atoms with Crippen LogP contribution in [0.1, 0.15) is 12.0 Å². The van der Waals surface area contributed by atoms with Crippen LogP contribution in [0.25, 0.3) is 0 Å². The Morgan fingerprint density at radius 2 is 1.95 bits per heavy atom. The van der Waals surface area contributed by atoms with E-state index in [-0.39, 0.29) is 0 Å². The molecule has 0 fully saturated rings. The molecule has 0 atom stereocenters. The molecular formula is C16H20N2O2. The van der Waals surface area contributed by atoms with Crippen LogP contribution in [0.2, 0.25) is 0 Å². The maximum absolute atomic E-state index is 5.63. The highest BCUT2D eigenvalue weighted by Gasteiger charge is 2.01. The summed E-state index contributed by atoms with van der Waals surface area (Å²) in [4.78, 5) is 4.16. The van der Waals surface area contributed by atoms with Crippen molar-refractivity contribution in [1.82, 2.24) is 10.3 Å². The summed E-state index contributed by atoms with van der Waals surface area (Å²) in [7, 11) is 1.64. The molecule has 0 aliphatic carbocycles. The Bertz CT molecular complexity index is 503. The molecule has 2 aromatic rings. The fraction of sp³-hybridized carbons (Fsp3) is 0.312. The number of nitrogens with one attached hydrogen (secondary N) is 1. The Balaban J connectivity index is 1.62. The lowest BCUT2D eigenvalue weighted by molar-refractivity contribution is 0.307. The molecule has 1 N–H and O–H groups in total. The van der Waals surface area contributed by atoms with Crippen molar-refractivity contribution in [3.05, 3.63) is 54.2 Å². The van der Waals surface area contributed by atoms with Crippen molar-refractivity contribution < 1.29 is 9.47 Å². The zero-order chi connectivity index (χ0) is 14.0. The van der Waals surface area contributed by atoms with Crippen molar-refractivity contribution in [2.45, 2.75) is 13.0 Å². The Labute approximate surface area is 119 Å². The lowest BCUT2D eigenvalue weighted by Crippen LogP contribution is -2.17. The predicted molar refractivity (Wildman–Crippen MR) is 79.0 cm³/mol. The number of pyridine rings is 1. The van der Waals surface area contributed by atoms with Gasteiger partial charge in [-0.05, 0) is 31.2 Å². The second kappa shape index (κ2) is 8.17. The summed E-state index contributed by atoms with van der Waals surface area (Å²) in [5, 5.41) is 3.36. The van der Waals surface area contributed by atoms with Gasteiger partial charge in [0.1, 0.15) is 5.75 Å². The first kappa shape index (κ1) is 14.3. The van der Waals surface area contributed by atoms with Crippen molar-refractivity contribution in [2.75, 3.05) is 20.3 Å². The molecule has 0 aliphatic heterocycles. The Morgan fingerprint density at radius 1 is 1.10 bits per heavy atom. The number of nitrogens with zero attached hydrogens (tertiary/aromatic N) is 1. The van der Waals surface area contributed by atoms with Crippen LogP contribution >= 0.6 is 0 Å². The summed E-state index contributed by atoms with van der Waals surface area (Å²) in [5.74, 6) is 1.60. The van der Waals surface area contributed by atoms with E-state index in [2.05, 4.69) is 10.3 Å². The largest absolute Gasteiger partial charge is 0.494 e. The molecule has 4 heteroatoms. The van der Waals surface area contributed by atoms with Crippen LogP contribution in [0.15, 0.2) is 48.7 Å². The number of ether oxygens (including phenoxy) is 2. The third-order valence-electron chi connectivity index (χ3n) is 2.87. The van der Waals surface area contributed by atoms with E-state index < -0.39 is 0 Å². The second-order valence-corrected chi connectivity index (χ2v) is 4.36. The van der Waals surface area contributed by atoms with Gasteiger partial charge in [0.25, 0.3) is 0 Å². The van der Waals surface area contributed by atoms with Gasteiger partial charge in [-0.25, -0.2) is 4.98 Å². The predicted octanol–water partition coefficient (Wildman–Crippen LogP) is 2.65. The summed E-state index contributed by atoms with van der Waals surface area (Å²) in [5.41, 5.74) is 1.07. The van der Waals surface area contributed by atoms with Gasteiger partial charge in [-0.1, -0.05) is 24.3 Å². The standard InChI is InChI=1S/C16H20N2O2/c1-19-16-14(7-5-11-18-16)13-17-10-6-12-20-15-8-3-2-4-9-15/h2-5,7-9,11,17H,6,10,12-13H2,1H3. The van der Waals surface area contributed by atoms with Crippen LogP contribution in [0.3, 0.4) is 0 Å². The van der Waals surface area contributed by atoms with Gasteiger partial charge in [0.15, 0.2) is 0 Å². The number of hydrogen-bond acceptors (Lipinski definition) is 4. The average Bonchev–Trinajstić information content (AvgIpc) is 2.52. The SMILES string of the molecule is COc1ncccc1CNCCCOc1ccccc1. The zero-order valence-electron chi connectivity index (χ0n) is 11.7. The molecule has 1 aromatic carbocycles. The molecule has 0 bridgehead atoms. The zero-order valence-corrected chi connectivity index (χ0v) is 11.7. The van der Waals surface area contributed by atoms with E-state index in [9.17, 15) is 0 Å². The molecule has 4 nitrogen and oxygen atoms in total. The third-order valence-corrected chi connectivity index (χ3v) is 2.87. The fourth-order valence-corrected chi connectivity index (χ4v) is 1.87. The van der Waals surface area contributed by atoms with Gasteiger partial charge in [-0.2, -0.15) is 0 Å². The Hall–Kier alpha value is -2.07. The molecule has 0 unspecified atom stereocenters. The highest BCUT2D eigenvalue weighted by Crippen LogP contribution is 2.12. The molecule has 2 rings (SSSR count). The number of methoxy groups -OCH3 is 1. The van der Waals surface area contributed by atoms with Crippen molar-refractivity contribution in [3.8, 4) is 11.6 Å². The average molecular weight is 272 g/mol. The number of para-hydroxylation sites is 1. The van der Waals surface area contributed by atoms with Crippen LogP contribution in [0.5, 0.6) is 11.6 Å². The van der Waals surface area contributed by atoms with Gasteiger partial charge in [0.2, 0.25) is 5.88 Å². The molecule has 0 amide bonds. The van der Waals surface area contributed by atoms with E-state index in [1.54, 1.807) is 13.3 Å². The summed E-state index contributed by atoms with van der Waals surface area (Å²) in [6, 6.07) is 13.8. The number of rotatable bonds is 8. The smallest absolute Gasteiger partial charge is 0.217 e. The molecule has 20 heavy (non-hydrogen) atoms. The number of aromatic nitrogens is 1. The first-order chi connectivity index (χ1) is 9.90. The minimum atomic E-state index is 0.681. The third kappa shape index (κ3) is 4.55. The number of hydrogen-bond donors (Lipinski definition) is 1. The summed E-state index contributed by atoms with van der Waals surface area (Å²) >= 11 is 0. The van der Waals surface area contributed by atoms with Crippen molar-refractivity contribution >= 4 is 0 Å². The summed E-state index contributed by atoms with van der Waals surface area (Å²) < 4.78 is 10.8. The van der Waals surface area contributed by atoms with Crippen molar-refractivity contribution in [2.24, 2.45) is 0 Å².